The van der Waals surface area contributed by atoms with Gasteiger partial charge in [-0.25, -0.2) is 0 Å². The lowest BCUT2D eigenvalue weighted by Gasteiger charge is -2.28. The molecular weight excluding hydrogens is 300 g/mol. The van der Waals surface area contributed by atoms with Crippen molar-refractivity contribution in [1.82, 2.24) is 10.6 Å². The van der Waals surface area contributed by atoms with Crippen molar-refractivity contribution in [3.05, 3.63) is 0 Å². The van der Waals surface area contributed by atoms with E-state index in [2.05, 4.69) is 24.5 Å². The molecule has 5 heteroatoms. The molecule has 1 rings (SSSR count). The van der Waals surface area contributed by atoms with Crippen LogP contribution in [0.15, 0.2) is 0 Å². The predicted molar refractivity (Wildman–Crippen MR) is 94.5 cm³/mol. The molecule has 1 atom stereocenters. The van der Waals surface area contributed by atoms with E-state index in [0.29, 0.717) is 19.1 Å². The minimum Gasteiger partial charge on any atom is -0.383 e. The van der Waals surface area contributed by atoms with E-state index in [1.54, 1.807) is 7.11 Å². The van der Waals surface area contributed by atoms with Gasteiger partial charge in [0.2, 0.25) is 5.91 Å². The average molecular weight is 335 g/mol. The van der Waals surface area contributed by atoms with Gasteiger partial charge in [-0.05, 0) is 18.3 Å². The molecule has 0 aliphatic heterocycles. The largest absolute Gasteiger partial charge is 0.383 e. The molecule has 1 aliphatic rings. The van der Waals surface area contributed by atoms with Crippen molar-refractivity contribution in [1.29, 1.82) is 0 Å². The number of hydrogen-bond acceptors (Lipinski definition) is 3. The van der Waals surface area contributed by atoms with Crippen molar-refractivity contribution in [3.8, 4) is 0 Å². The fourth-order valence-electron chi connectivity index (χ4n) is 3.17. The average Bonchev–Trinajstić information content (AvgIpc) is 2.49. The lowest BCUT2D eigenvalue weighted by molar-refractivity contribution is -0.127. The van der Waals surface area contributed by atoms with E-state index in [1.165, 1.54) is 32.1 Å². The number of carbonyl (C=O) groups is 1. The van der Waals surface area contributed by atoms with Crippen LogP contribution in [0.5, 0.6) is 0 Å². The highest BCUT2D eigenvalue weighted by Crippen LogP contribution is 2.31. The standard InChI is InChI=1S/C17H34N2O2.ClH/c1-14(2)16(13-15-7-5-4-6-8-15)17(20)19-10-9-18-11-12-21-3;/h14-16,18H,4-13H2,1-3H3,(H,19,20);1H. The molecule has 2 N–H and O–H groups in total. The molecule has 0 aromatic rings. The number of halogens is 1. The van der Waals surface area contributed by atoms with Crippen molar-refractivity contribution in [2.45, 2.75) is 52.4 Å². The fourth-order valence-corrected chi connectivity index (χ4v) is 3.17. The zero-order chi connectivity index (χ0) is 15.5. The van der Waals surface area contributed by atoms with Crippen molar-refractivity contribution < 1.29 is 9.53 Å². The van der Waals surface area contributed by atoms with Crippen LogP contribution >= 0.6 is 12.4 Å². The monoisotopic (exact) mass is 334 g/mol. The smallest absolute Gasteiger partial charge is 0.223 e. The Morgan fingerprint density at radius 2 is 1.82 bits per heavy atom. The Hall–Kier alpha value is -0.320. The molecule has 0 aromatic carbocycles. The Morgan fingerprint density at radius 1 is 1.14 bits per heavy atom. The summed E-state index contributed by atoms with van der Waals surface area (Å²) in [7, 11) is 1.70. The number of nitrogens with one attached hydrogen (secondary N) is 2. The fraction of sp³-hybridized carbons (Fsp3) is 0.941. The molecule has 1 aliphatic carbocycles. The van der Waals surface area contributed by atoms with Crippen molar-refractivity contribution >= 4 is 18.3 Å². The summed E-state index contributed by atoms with van der Waals surface area (Å²) in [6, 6.07) is 0. The quantitative estimate of drug-likeness (QED) is 0.604. The van der Waals surface area contributed by atoms with Gasteiger partial charge in [0.1, 0.15) is 0 Å². The topological polar surface area (TPSA) is 50.4 Å². The van der Waals surface area contributed by atoms with E-state index < -0.39 is 0 Å². The van der Waals surface area contributed by atoms with Crippen LogP contribution in [0.1, 0.15) is 52.4 Å². The normalized spacial score (nSPS) is 17.1. The van der Waals surface area contributed by atoms with E-state index >= 15 is 0 Å². The highest BCUT2D eigenvalue weighted by atomic mass is 35.5. The van der Waals surface area contributed by atoms with Crippen LogP contribution in [0.25, 0.3) is 0 Å². The molecule has 0 radical (unpaired) electrons. The van der Waals surface area contributed by atoms with Gasteiger partial charge in [0.05, 0.1) is 6.61 Å². The maximum absolute atomic E-state index is 12.4. The van der Waals surface area contributed by atoms with Gasteiger partial charge in [0.15, 0.2) is 0 Å². The number of amides is 1. The minimum atomic E-state index is 0. The van der Waals surface area contributed by atoms with Gasteiger partial charge in [0, 0.05) is 32.7 Å². The van der Waals surface area contributed by atoms with Gasteiger partial charge in [-0.15, -0.1) is 12.4 Å². The maximum Gasteiger partial charge on any atom is 0.223 e. The lowest BCUT2D eigenvalue weighted by Crippen LogP contribution is -2.39. The molecule has 0 aromatic heterocycles. The van der Waals surface area contributed by atoms with Crippen LogP contribution in [-0.2, 0) is 9.53 Å². The molecule has 0 heterocycles. The maximum atomic E-state index is 12.4. The van der Waals surface area contributed by atoms with Crippen molar-refractivity contribution in [2.75, 3.05) is 33.4 Å². The molecule has 0 spiro atoms. The molecular formula is C17H35ClN2O2. The summed E-state index contributed by atoms with van der Waals surface area (Å²) in [6.07, 6.45) is 7.77. The lowest BCUT2D eigenvalue weighted by atomic mass is 9.79. The molecule has 22 heavy (non-hydrogen) atoms. The minimum absolute atomic E-state index is 0. The SMILES string of the molecule is COCCNCCNC(=O)C(CC1CCCCC1)C(C)C.Cl. The zero-order valence-corrected chi connectivity index (χ0v) is 15.3. The third-order valence-electron chi connectivity index (χ3n) is 4.54. The van der Waals surface area contributed by atoms with E-state index in [9.17, 15) is 4.79 Å². The third-order valence-corrected chi connectivity index (χ3v) is 4.54. The second-order valence-electron chi connectivity index (χ2n) is 6.62. The summed E-state index contributed by atoms with van der Waals surface area (Å²) in [4.78, 5) is 12.4. The molecule has 4 nitrogen and oxygen atoms in total. The number of methoxy groups -OCH3 is 1. The Kier molecular flexibility index (Phi) is 13.0. The highest BCUT2D eigenvalue weighted by Gasteiger charge is 2.26. The molecule has 1 fully saturated rings. The van der Waals surface area contributed by atoms with Gasteiger partial charge in [-0.3, -0.25) is 4.79 Å². The molecule has 1 unspecified atom stereocenters. The predicted octanol–water partition coefficient (Wildman–Crippen LogP) is 3.00. The van der Waals surface area contributed by atoms with Crippen LogP contribution in [0.2, 0.25) is 0 Å². The Balaban J connectivity index is 0.00000441. The van der Waals surface area contributed by atoms with Gasteiger partial charge in [0.25, 0.3) is 0 Å². The number of ether oxygens (including phenoxy) is 1. The number of rotatable bonds is 10. The number of carbonyl (C=O) groups excluding carboxylic acids is 1. The number of hydrogen-bond donors (Lipinski definition) is 2. The van der Waals surface area contributed by atoms with Crippen LogP contribution in [0.3, 0.4) is 0 Å². The molecule has 0 bridgehead atoms. The summed E-state index contributed by atoms with van der Waals surface area (Å²) >= 11 is 0. The Labute approximate surface area is 142 Å². The van der Waals surface area contributed by atoms with Gasteiger partial charge >= 0.3 is 0 Å². The van der Waals surface area contributed by atoms with Gasteiger partial charge in [-0.1, -0.05) is 46.0 Å². The molecule has 1 amide bonds. The first kappa shape index (κ1) is 21.7. The second kappa shape index (κ2) is 13.1. The summed E-state index contributed by atoms with van der Waals surface area (Å²) in [5, 5.41) is 6.34. The Morgan fingerprint density at radius 3 is 2.41 bits per heavy atom. The molecule has 132 valence electrons. The first-order valence-corrected chi connectivity index (χ1v) is 8.62. The first-order valence-electron chi connectivity index (χ1n) is 8.62. The summed E-state index contributed by atoms with van der Waals surface area (Å²) in [5.41, 5.74) is 0. The Bertz CT molecular complexity index is 282. The molecule has 1 saturated carbocycles. The highest BCUT2D eigenvalue weighted by molar-refractivity contribution is 5.85. The first-order chi connectivity index (χ1) is 10.1. The zero-order valence-electron chi connectivity index (χ0n) is 14.5. The van der Waals surface area contributed by atoms with E-state index in [4.69, 9.17) is 4.74 Å². The summed E-state index contributed by atoms with van der Waals surface area (Å²) in [6.45, 7) is 7.40. The van der Waals surface area contributed by atoms with Gasteiger partial charge in [-0.2, -0.15) is 0 Å². The van der Waals surface area contributed by atoms with Crippen molar-refractivity contribution in [3.63, 3.8) is 0 Å². The van der Waals surface area contributed by atoms with E-state index in [-0.39, 0.29) is 24.2 Å². The summed E-state index contributed by atoms with van der Waals surface area (Å²) in [5.74, 6) is 1.60. The van der Waals surface area contributed by atoms with Gasteiger partial charge < -0.3 is 15.4 Å². The van der Waals surface area contributed by atoms with Crippen molar-refractivity contribution in [2.24, 2.45) is 17.8 Å². The summed E-state index contributed by atoms with van der Waals surface area (Å²) < 4.78 is 4.97. The van der Waals surface area contributed by atoms with Crippen LogP contribution in [0.4, 0.5) is 0 Å². The second-order valence-corrected chi connectivity index (χ2v) is 6.62. The van der Waals surface area contributed by atoms with Crippen LogP contribution < -0.4 is 10.6 Å². The molecule has 0 saturated heterocycles. The van der Waals surface area contributed by atoms with E-state index in [0.717, 1.165) is 25.4 Å². The van der Waals surface area contributed by atoms with Crippen LogP contribution in [-0.4, -0.2) is 39.3 Å². The third kappa shape index (κ3) is 8.96. The van der Waals surface area contributed by atoms with Crippen LogP contribution in [0, 0.1) is 17.8 Å². The van der Waals surface area contributed by atoms with E-state index in [1.807, 2.05) is 0 Å².